The Balaban J connectivity index is 1.73. The van der Waals surface area contributed by atoms with Gasteiger partial charge in [0, 0.05) is 19.0 Å². The van der Waals surface area contributed by atoms with Gasteiger partial charge in [-0.3, -0.25) is 9.59 Å². The number of alkyl halides is 3. The van der Waals surface area contributed by atoms with Crippen LogP contribution in [-0.4, -0.2) is 44.3 Å². The quantitative estimate of drug-likeness (QED) is 0.845. The van der Waals surface area contributed by atoms with E-state index in [4.69, 9.17) is 0 Å². The summed E-state index contributed by atoms with van der Waals surface area (Å²) in [5, 5.41) is 2.59. The molecule has 2 aliphatic heterocycles. The zero-order chi connectivity index (χ0) is 19.1. The van der Waals surface area contributed by atoms with E-state index in [2.05, 4.69) is 5.32 Å². The first-order valence-electron chi connectivity index (χ1n) is 8.04. The highest BCUT2D eigenvalue weighted by Crippen LogP contribution is 2.38. The number of amides is 2. The molecule has 1 aromatic carbocycles. The van der Waals surface area contributed by atoms with Gasteiger partial charge in [-0.05, 0) is 18.6 Å². The number of rotatable bonds is 3. The number of para-hydroxylation sites is 1. The molecule has 10 heteroatoms. The van der Waals surface area contributed by atoms with Crippen molar-refractivity contribution in [1.82, 2.24) is 5.32 Å². The van der Waals surface area contributed by atoms with Gasteiger partial charge in [0.15, 0.2) is 9.84 Å². The maximum absolute atomic E-state index is 13.2. The molecule has 0 saturated carbocycles. The number of carbonyl (C=O) groups is 2. The smallest absolute Gasteiger partial charge is 0.352 e. The molecule has 0 bridgehead atoms. The summed E-state index contributed by atoms with van der Waals surface area (Å²) in [6, 6.07) is 4.20. The highest BCUT2D eigenvalue weighted by molar-refractivity contribution is 7.91. The van der Waals surface area contributed by atoms with Crippen LogP contribution in [0.25, 0.3) is 0 Å². The number of nitrogens with zero attached hydrogens (tertiary/aromatic N) is 1. The largest absolute Gasteiger partial charge is 0.418 e. The molecule has 2 aliphatic rings. The summed E-state index contributed by atoms with van der Waals surface area (Å²) in [6.07, 6.45) is -4.53. The van der Waals surface area contributed by atoms with Gasteiger partial charge in [0.05, 0.1) is 28.7 Å². The molecule has 142 valence electrons. The zero-order valence-corrected chi connectivity index (χ0v) is 14.4. The number of sulfone groups is 1. The third kappa shape index (κ3) is 3.84. The highest BCUT2D eigenvalue weighted by atomic mass is 32.2. The van der Waals surface area contributed by atoms with E-state index in [1.165, 1.54) is 18.2 Å². The van der Waals surface area contributed by atoms with Gasteiger partial charge in [-0.1, -0.05) is 12.1 Å². The first-order valence-corrected chi connectivity index (χ1v) is 9.86. The summed E-state index contributed by atoms with van der Waals surface area (Å²) in [6.45, 7) is -0.169. The fourth-order valence-corrected chi connectivity index (χ4v) is 4.97. The van der Waals surface area contributed by atoms with E-state index in [1.807, 2.05) is 0 Å². The molecule has 0 spiro atoms. The van der Waals surface area contributed by atoms with E-state index in [9.17, 15) is 31.2 Å². The van der Waals surface area contributed by atoms with Crippen LogP contribution in [0, 0.1) is 5.92 Å². The van der Waals surface area contributed by atoms with Gasteiger partial charge in [0.1, 0.15) is 0 Å². The molecule has 0 radical (unpaired) electrons. The van der Waals surface area contributed by atoms with E-state index in [0.29, 0.717) is 6.42 Å². The molecule has 2 fully saturated rings. The molecule has 3 rings (SSSR count). The van der Waals surface area contributed by atoms with Gasteiger partial charge >= 0.3 is 6.18 Å². The van der Waals surface area contributed by atoms with E-state index < -0.39 is 45.4 Å². The van der Waals surface area contributed by atoms with E-state index in [0.717, 1.165) is 11.0 Å². The Morgan fingerprint density at radius 2 is 1.92 bits per heavy atom. The van der Waals surface area contributed by atoms with Gasteiger partial charge < -0.3 is 10.2 Å². The molecular weight excluding hydrogens is 373 g/mol. The normalized spacial score (nSPS) is 25.5. The number of halogens is 3. The van der Waals surface area contributed by atoms with Crippen molar-refractivity contribution in [2.45, 2.75) is 25.1 Å². The Bertz CT molecular complexity index is 838. The number of carbonyl (C=O) groups excluding carboxylic acids is 2. The van der Waals surface area contributed by atoms with Crippen molar-refractivity contribution in [1.29, 1.82) is 0 Å². The Morgan fingerprint density at radius 1 is 1.23 bits per heavy atom. The molecule has 1 aromatic rings. The third-order valence-electron chi connectivity index (χ3n) is 4.57. The average Bonchev–Trinajstić information content (AvgIpc) is 3.09. The van der Waals surface area contributed by atoms with Crippen LogP contribution >= 0.6 is 0 Å². The lowest BCUT2D eigenvalue weighted by Gasteiger charge is -2.21. The van der Waals surface area contributed by atoms with Crippen molar-refractivity contribution in [3.63, 3.8) is 0 Å². The molecule has 2 amide bonds. The second kappa shape index (κ2) is 6.57. The van der Waals surface area contributed by atoms with E-state index in [1.54, 1.807) is 0 Å². The van der Waals surface area contributed by atoms with Crippen LogP contribution in [-0.2, 0) is 25.6 Å². The van der Waals surface area contributed by atoms with Gasteiger partial charge in [0.2, 0.25) is 11.8 Å². The van der Waals surface area contributed by atoms with Gasteiger partial charge in [-0.25, -0.2) is 8.42 Å². The lowest BCUT2D eigenvalue weighted by atomic mass is 10.1. The van der Waals surface area contributed by atoms with Crippen LogP contribution < -0.4 is 10.2 Å². The standard InChI is InChI=1S/C16H17F3N2O4S/c17-16(18,19)12-3-1-2-4-13(12)21-8-10(7-14(21)22)15(23)20-11-5-6-26(24,25)9-11/h1-4,10-11H,5-9H2,(H,20,23). The van der Waals surface area contributed by atoms with Crippen molar-refractivity contribution in [2.24, 2.45) is 5.92 Å². The molecule has 0 aromatic heterocycles. The van der Waals surface area contributed by atoms with Crippen molar-refractivity contribution < 1.29 is 31.2 Å². The summed E-state index contributed by atoms with van der Waals surface area (Å²) in [4.78, 5) is 25.5. The SMILES string of the molecule is O=C(NC1CCS(=O)(=O)C1)C1CC(=O)N(c2ccccc2C(F)(F)F)C1. The van der Waals surface area contributed by atoms with Gasteiger partial charge in [0.25, 0.3) is 0 Å². The minimum absolute atomic E-state index is 0.00731. The Labute approximate surface area is 148 Å². The Morgan fingerprint density at radius 3 is 2.54 bits per heavy atom. The van der Waals surface area contributed by atoms with Crippen molar-refractivity contribution in [3.8, 4) is 0 Å². The first-order chi connectivity index (χ1) is 12.1. The first kappa shape index (κ1) is 18.7. The number of benzene rings is 1. The second-order valence-corrected chi connectivity index (χ2v) is 8.76. The predicted molar refractivity (Wildman–Crippen MR) is 87.1 cm³/mol. The molecule has 0 aliphatic carbocycles. The summed E-state index contributed by atoms with van der Waals surface area (Å²) in [5.74, 6) is -2.05. The summed E-state index contributed by atoms with van der Waals surface area (Å²) in [5.41, 5.74) is -1.21. The molecule has 6 nitrogen and oxygen atoms in total. The maximum Gasteiger partial charge on any atom is 0.418 e. The van der Waals surface area contributed by atoms with Crippen LogP contribution in [0.2, 0.25) is 0 Å². The van der Waals surface area contributed by atoms with E-state index >= 15 is 0 Å². The fraction of sp³-hybridized carbons (Fsp3) is 0.500. The molecule has 2 unspecified atom stereocenters. The predicted octanol–water partition coefficient (Wildman–Crippen LogP) is 1.36. The van der Waals surface area contributed by atoms with Crippen LogP contribution in [0.3, 0.4) is 0 Å². The minimum atomic E-state index is -4.62. The van der Waals surface area contributed by atoms with Gasteiger partial charge in [-0.2, -0.15) is 13.2 Å². The van der Waals surface area contributed by atoms with Crippen LogP contribution in [0.5, 0.6) is 0 Å². The van der Waals surface area contributed by atoms with Crippen LogP contribution in [0.4, 0.5) is 18.9 Å². The third-order valence-corrected chi connectivity index (χ3v) is 6.34. The van der Waals surface area contributed by atoms with Crippen molar-refractivity contribution in [3.05, 3.63) is 29.8 Å². The molecule has 1 N–H and O–H groups in total. The second-order valence-electron chi connectivity index (χ2n) is 6.53. The molecule has 2 atom stereocenters. The lowest BCUT2D eigenvalue weighted by Crippen LogP contribution is -2.40. The molecule has 2 saturated heterocycles. The fourth-order valence-electron chi connectivity index (χ4n) is 3.29. The van der Waals surface area contributed by atoms with Crippen LogP contribution in [0.1, 0.15) is 18.4 Å². The molecule has 26 heavy (non-hydrogen) atoms. The zero-order valence-electron chi connectivity index (χ0n) is 13.6. The number of hydrogen-bond acceptors (Lipinski definition) is 4. The summed E-state index contributed by atoms with van der Waals surface area (Å²) < 4.78 is 62.3. The van der Waals surface area contributed by atoms with Gasteiger partial charge in [-0.15, -0.1) is 0 Å². The Kier molecular flexibility index (Phi) is 4.72. The minimum Gasteiger partial charge on any atom is -0.352 e. The molecular formula is C16H17F3N2O4S. The summed E-state index contributed by atoms with van der Waals surface area (Å²) >= 11 is 0. The number of hydrogen-bond donors (Lipinski definition) is 1. The number of nitrogens with one attached hydrogen (secondary N) is 1. The van der Waals surface area contributed by atoms with Crippen molar-refractivity contribution >= 4 is 27.3 Å². The Hall–Kier alpha value is -2.10. The number of anilines is 1. The topological polar surface area (TPSA) is 83.5 Å². The highest BCUT2D eigenvalue weighted by Gasteiger charge is 2.41. The summed E-state index contributed by atoms with van der Waals surface area (Å²) in [7, 11) is -3.17. The molecule has 2 heterocycles. The monoisotopic (exact) mass is 390 g/mol. The van der Waals surface area contributed by atoms with Crippen LogP contribution in [0.15, 0.2) is 24.3 Å². The van der Waals surface area contributed by atoms with E-state index in [-0.39, 0.29) is 30.2 Å². The lowest BCUT2D eigenvalue weighted by molar-refractivity contribution is -0.137. The van der Waals surface area contributed by atoms with Crippen molar-refractivity contribution in [2.75, 3.05) is 23.0 Å². The maximum atomic E-state index is 13.2. The average molecular weight is 390 g/mol.